The molecule has 1 aromatic heterocycles. The van der Waals surface area contributed by atoms with Crippen molar-refractivity contribution in [3.05, 3.63) is 175 Å². The van der Waals surface area contributed by atoms with Gasteiger partial charge in [0.2, 0.25) is 0 Å². The lowest BCUT2D eigenvalue weighted by atomic mass is 9.89. The van der Waals surface area contributed by atoms with Crippen LogP contribution in [0.3, 0.4) is 0 Å². The highest BCUT2D eigenvalue weighted by Gasteiger charge is 2.14. The summed E-state index contributed by atoms with van der Waals surface area (Å²) in [6.45, 7) is 6.54. The van der Waals surface area contributed by atoms with Gasteiger partial charge in [0.15, 0.2) is 0 Å². The third kappa shape index (κ3) is 5.08. The van der Waals surface area contributed by atoms with Crippen LogP contribution in [0.15, 0.2) is 158 Å². The Kier molecular flexibility index (Phi) is 7.30. The van der Waals surface area contributed by atoms with Crippen molar-refractivity contribution >= 4 is 32.4 Å². The Morgan fingerprint density at radius 3 is 1.86 bits per heavy atom. The molecule has 0 fully saturated rings. The highest BCUT2D eigenvalue weighted by atomic mass is 15.0. The summed E-state index contributed by atoms with van der Waals surface area (Å²) in [4.78, 5) is 0. The third-order valence-corrected chi connectivity index (χ3v) is 8.74. The second-order valence-electron chi connectivity index (χ2n) is 11.6. The maximum atomic E-state index is 2.37. The van der Waals surface area contributed by atoms with E-state index in [0.717, 1.165) is 0 Å². The van der Waals surface area contributed by atoms with Gasteiger partial charge in [0.05, 0.1) is 11.2 Å². The molecule has 7 aromatic carbocycles. The van der Waals surface area contributed by atoms with Gasteiger partial charge in [-0.2, -0.15) is 0 Å². The molecule has 0 aliphatic heterocycles. The Hall–Kier alpha value is -5.40. The van der Waals surface area contributed by atoms with Crippen LogP contribution < -0.4 is 0 Å². The molecular weight excluding hydrogens is 530 g/mol. The summed E-state index contributed by atoms with van der Waals surface area (Å²) >= 11 is 0. The Labute approximate surface area is 259 Å². The lowest BCUT2D eigenvalue weighted by molar-refractivity contribution is 1.14. The number of rotatable bonds is 3. The van der Waals surface area contributed by atoms with Gasteiger partial charge in [0, 0.05) is 11.6 Å². The lowest BCUT2D eigenvalue weighted by Crippen LogP contribution is -1.95. The maximum Gasteiger partial charge on any atom is 0.0534 e. The van der Waals surface area contributed by atoms with E-state index < -0.39 is 0 Å². The minimum Gasteiger partial charge on any atom is -0.316 e. The van der Waals surface area contributed by atoms with Crippen LogP contribution in [0.2, 0.25) is 0 Å². The van der Waals surface area contributed by atoms with Gasteiger partial charge < -0.3 is 4.57 Å². The van der Waals surface area contributed by atoms with Gasteiger partial charge in [-0.25, -0.2) is 0 Å². The molecular formula is C43H35N. The van der Waals surface area contributed by atoms with Gasteiger partial charge in [-0.15, -0.1) is 0 Å². The topological polar surface area (TPSA) is 4.93 Å². The van der Waals surface area contributed by atoms with E-state index in [1.54, 1.807) is 0 Å². The highest BCUT2D eigenvalue weighted by Crippen LogP contribution is 2.38. The van der Waals surface area contributed by atoms with Crippen LogP contribution in [0.1, 0.15) is 16.7 Å². The molecule has 0 unspecified atom stereocenters. The quantitative estimate of drug-likeness (QED) is 0.201. The summed E-state index contributed by atoms with van der Waals surface area (Å²) < 4.78 is 2.31. The van der Waals surface area contributed by atoms with Gasteiger partial charge in [-0.05, 0) is 100.0 Å². The minimum atomic E-state index is 1.21. The van der Waals surface area contributed by atoms with Gasteiger partial charge in [0.1, 0.15) is 0 Å². The fraction of sp³-hybridized carbons (Fsp3) is 0.0698. The van der Waals surface area contributed by atoms with Crippen LogP contribution >= 0.6 is 0 Å². The predicted octanol–water partition coefficient (Wildman–Crippen LogP) is 11.9. The molecule has 0 aliphatic carbocycles. The van der Waals surface area contributed by atoms with Gasteiger partial charge >= 0.3 is 0 Å². The Balaban J connectivity index is 0.000000396. The molecule has 0 saturated carbocycles. The number of aryl methyl sites for hydroxylation is 3. The Morgan fingerprint density at radius 2 is 1.09 bits per heavy atom. The number of aromatic nitrogens is 1. The minimum absolute atomic E-state index is 1.21. The molecule has 44 heavy (non-hydrogen) atoms. The van der Waals surface area contributed by atoms with Crippen molar-refractivity contribution in [1.29, 1.82) is 0 Å². The molecule has 0 N–H and O–H groups in total. The standard InChI is InChI=1S/C36H27N.C7H8/c1-24-15-16-28(23-34(24)30-18-17-26-9-3-5-11-29(26)25(30)2)31-19-20-36(33-13-7-6-12-32(31)33)37-22-21-27-10-4-8-14-35(27)37;1-7-5-3-2-4-6-7/h3-23H,1-2H3;2-6H,1H3. The molecule has 8 aromatic rings. The molecule has 0 bridgehead atoms. The normalized spacial score (nSPS) is 11.1. The average Bonchev–Trinajstić information content (AvgIpc) is 3.50. The van der Waals surface area contributed by atoms with Gasteiger partial charge in [0.25, 0.3) is 0 Å². The monoisotopic (exact) mass is 565 g/mol. The van der Waals surface area contributed by atoms with E-state index in [-0.39, 0.29) is 0 Å². The first-order chi connectivity index (χ1) is 21.6. The number of nitrogens with zero attached hydrogens (tertiary/aromatic N) is 1. The number of para-hydroxylation sites is 1. The van der Waals surface area contributed by atoms with Gasteiger partial charge in [-0.1, -0.05) is 133 Å². The molecule has 0 spiro atoms. The SMILES string of the molecule is Cc1ccc(-c2ccc(-n3ccc4ccccc43)c3ccccc23)cc1-c1ccc2ccccc2c1C.Cc1ccccc1. The predicted molar refractivity (Wildman–Crippen MR) is 190 cm³/mol. The van der Waals surface area contributed by atoms with Crippen molar-refractivity contribution in [2.75, 3.05) is 0 Å². The Bertz CT molecular complexity index is 2250. The van der Waals surface area contributed by atoms with Gasteiger partial charge in [-0.3, -0.25) is 0 Å². The number of hydrogen-bond acceptors (Lipinski definition) is 0. The maximum absolute atomic E-state index is 2.37. The van der Waals surface area contributed by atoms with E-state index in [4.69, 9.17) is 0 Å². The van der Waals surface area contributed by atoms with Crippen molar-refractivity contribution in [3.63, 3.8) is 0 Å². The number of hydrogen-bond donors (Lipinski definition) is 0. The van der Waals surface area contributed by atoms with E-state index in [2.05, 4.69) is 165 Å². The second-order valence-corrected chi connectivity index (χ2v) is 11.6. The average molecular weight is 566 g/mol. The van der Waals surface area contributed by atoms with Crippen molar-refractivity contribution in [3.8, 4) is 27.9 Å². The van der Waals surface area contributed by atoms with Crippen LogP contribution in [0.25, 0.3) is 60.4 Å². The zero-order valence-corrected chi connectivity index (χ0v) is 25.5. The van der Waals surface area contributed by atoms with Crippen LogP contribution in [-0.4, -0.2) is 4.57 Å². The summed E-state index contributed by atoms with van der Waals surface area (Å²) in [6.07, 6.45) is 2.18. The highest BCUT2D eigenvalue weighted by molar-refractivity contribution is 6.03. The van der Waals surface area contributed by atoms with Crippen LogP contribution in [0.5, 0.6) is 0 Å². The molecule has 0 amide bonds. The lowest BCUT2D eigenvalue weighted by Gasteiger charge is -2.16. The summed E-state index contributed by atoms with van der Waals surface area (Å²) in [5.41, 5.74) is 11.5. The largest absolute Gasteiger partial charge is 0.316 e. The molecule has 1 heterocycles. The molecule has 0 aliphatic rings. The smallest absolute Gasteiger partial charge is 0.0534 e. The van der Waals surface area contributed by atoms with Crippen LogP contribution in [0.4, 0.5) is 0 Å². The first-order valence-corrected chi connectivity index (χ1v) is 15.3. The van der Waals surface area contributed by atoms with E-state index in [1.807, 2.05) is 18.2 Å². The molecule has 1 heteroatoms. The van der Waals surface area contributed by atoms with E-state index in [9.17, 15) is 0 Å². The molecule has 1 nitrogen and oxygen atoms in total. The van der Waals surface area contributed by atoms with Crippen LogP contribution in [0, 0.1) is 20.8 Å². The van der Waals surface area contributed by atoms with E-state index in [1.165, 1.54) is 77.1 Å². The second kappa shape index (κ2) is 11.7. The summed E-state index contributed by atoms with van der Waals surface area (Å²) in [7, 11) is 0. The first kappa shape index (κ1) is 27.4. The summed E-state index contributed by atoms with van der Waals surface area (Å²) in [5, 5.41) is 6.38. The van der Waals surface area contributed by atoms with Crippen molar-refractivity contribution in [1.82, 2.24) is 4.57 Å². The van der Waals surface area contributed by atoms with Crippen LogP contribution in [-0.2, 0) is 0 Å². The molecule has 0 saturated heterocycles. The van der Waals surface area contributed by atoms with E-state index >= 15 is 0 Å². The zero-order chi connectivity index (χ0) is 30.0. The summed E-state index contributed by atoms with van der Waals surface area (Å²) in [6, 6.07) is 54.4. The molecule has 8 rings (SSSR count). The van der Waals surface area contributed by atoms with Crippen molar-refractivity contribution in [2.45, 2.75) is 20.8 Å². The molecule has 212 valence electrons. The van der Waals surface area contributed by atoms with E-state index in [0.29, 0.717) is 0 Å². The number of benzene rings is 7. The number of fused-ring (bicyclic) bond motifs is 3. The fourth-order valence-electron chi connectivity index (χ4n) is 6.37. The first-order valence-electron chi connectivity index (χ1n) is 15.3. The summed E-state index contributed by atoms with van der Waals surface area (Å²) in [5.74, 6) is 0. The van der Waals surface area contributed by atoms with Crippen molar-refractivity contribution < 1.29 is 0 Å². The Morgan fingerprint density at radius 1 is 0.432 bits per heavy atom. The molecule has 0 atom stereocenters. The third-order valence-electron chi connectivity index (χ3n) is 8.74. The van der Waals surface area contributed by atoms with Crippen molar-refractivity contribution in [2.24, 2.45) is 0 Å². The fourth-order valence-corrected chi connectivity index (χ4v) is 6.37. The zero-order valence-electron chi connectivity index (χ0n) is 25.5. The molecule has 0 radical (unpaired) electrons.